The van der Waals surface area contributed by atoms with Crippen LogP contribution in [-0.4, -0.2) is 12.3 Å². The molecular formula is C11H14BrNS. The molecule has 1 aromatic rings. The molecule has 0 saturated heterocycles. The third-order valence-electron chi connectivity index (χ3n) is 2.67. The van der Waals surface area contributed by atoms with Crippen molar-refractivity contribution >= 4 is 27.7 Å². The summed E-state index contributed by atoms with van der Waals surface area (Å²) in [5.41, 5.74) is 1.44. The molecule has 0 amide bonds. The number of thioether (sulfide) groups is 1. The van der Waals surface area contributed by atoms with Gasteiger partial charge in [-0.3, -0.25) is 0 Å². The predicted octanol–water partition coefficient (Wildman–Crippen LogP) is 3.59. The smallest absolute Gasteiger partial charge is 0.0453 e. The minimum absolute atomic E-state index is 0.512. The molecule has 1 aliphatic heterocycles. The number of hydrogen-bond acceptors (Lipinski definition) is 2. The number of fused-ring (bicyclic) bond motifs is 1. The lowest BCUT2D eigenvalue weighted by atomic mass is 10.0. The van der Waals surface area contributed by atoms with Crippen molar-refractivity contribution in [1.82, 2.24) is 5.32 Å². The Kier molecular flexibility index (Phi) is 3.20. The maximum atomic E-state index is 3.53. The summed E-state index contributed by atoms with van der Waals surface area (Å²) in [5, 5.41) is 4.09. The molecule has 1 N–H and O–H groups in total. The Labute approximate surface area is 97.8 Å². The van der Waals surface area contributed by atoms with E-state index in [2.05, 4.69) is 46.4 Å². The van der Waals surface area contributed by atoms with Gasteiger partial charge < -0.3 is 5.32 Å². The second kappa shape index (κ2) is 4.25. The lowest BCUT2D eigenvalue weighted by Crippen LogP contribution is -2.22. The van der Waals surface area contributed by atoms with Crippen LogP contribution in [0.25, 0.3) is 0 Å². The summed E-state index contributed by atoms with van der Waals surface area (Å²) in [6.45, 7) is 2.25. The summed E-state index contributed by atoms with van der Waals surface area (Å²) in [7, 11) is 2.05. The zero-order valence-corrected chi connectivity index (χ0v) is 10.8. The van der Waals surface area contributed by atoms with Gasteiger partial charge in [0.2, 0.25) is 0 Å². The summed E-state index contributed by atoms with van der Waals surface area (Å²) in [6, 6.07) is 7.08. The van der Waals surface area contributed by atoms with Gasteiger partial charge in [0, 0.05) is 20.7 Å². The zero-order valence-electron chi connectivity index (χ0n) is 8.38. The average Bonchev–Trinajstić information content (AvgIpc) is 2.54. The molecule has 2 atom stereocenters. The van der Waals surface area contributed by atoms with Crippen LogP contribution in [0.3, 0.4) is 0 Å². The van der Waals surface area contributed by atoms with Crippen molar-refractivity contribution in [3.05, 3.63) is 28.2 Å². The first-order chi connectivity index (χ1) is 6.76. The van der Waals surface area contributed by atoms with Gasteiger partial charge in [-0.05, 0) is 37.2 Å². The van der Waals surface area contributed by atoms with E-state index in [-0.39, 0.29) is 0 Å². The van der Waals surface area contributed by atoms with E-state index in [0.29, 0.717) is 11.3 Å². The Hall–Kier alpha value is 0.01000. The highest BCUT2D eigenvalue weighted by molar-refractivity contribution is 9.10. The molecule has 1 aromatic carbocycles. The van der Waals surface area contributed by atoms with Crippen LogP contribution in [0.5, 0.6) is 0 Å². The first-order valence-electron chi connectivity index (χ1n) is 4.89. The summed E-state index contributed by atoms with van der Waals surface area (Å²) in [5.74, 6) is 0. The van der Waals surface area contributed by atoms with Crippen molar-refractivity contribution in [3.63, 3.8) is 0 Å². The van der Waals surface area contributed by atoms with Crippen molar-refractivity contribution in [1.29, 1.82) is 0 Å². The maximum Gasteiger partial charge on any atom is 0.0453 e. The average molecular weight is 272 g/mol. The van der Waals surface area contributed by atoms with Crippen LogP contribution >= 0.6 is 27.7 Å². The molecule has 3 heteroatoms. The van der Waals surface area contributed by atoms with Crippen LogP contribution in [0.1, 0.15) is 24.9 Å². The quantitative estimate of drug-likeness (QED) is 0.883. The van der Waals surface area contributed by atoms with Crippen LogP contribution in [0.4, 0.5) is 0 Å². The van der Waals surface area contributed by atoms with Crippen molar-refractivity contribution in [3.8, 4) is 0 Å². The van der Waals surface area contributed by atoms with Crippen LogP contribution < -0.4 is 5.32 Å². The van der Waals surface area contributed by atoms with Crippen molar-refractivity contribution < 1.29 is 0 Å². The first kappa shape index (κ1) is 10.5. The molecule has 0 bridgehead atoms. The molecule has 2 rings (SSSR count). The molecular weight excluding hydrogens is 258 g/mol. The molecule has 1 heterocycles. The molecule has 14 heavy (non-hydrogen) atoms. The molecule has 0 aliphatic carbocycles. The van der Waals surface area contributed by atoms with Crippen LogP contribution in [-0.2, 0) is 0 Å². The van der Waals surface area contributed by atoms with E-state index in [1.807, 2.05) is 18.8 Å². The Morgan fingerprint density at radius 2 is 2.29 bits per heavy atom. The highest BCUT2D eigenvalue weighted by Crippen LogP contribution is 2.45. The Morgan fingerprint density at radius 1 is 1.50 bits per heavy atom. The van der Waals surface area contributed by atoms with E-state index in [1.54, 1.807) is 0 Å². The molecule has 1 aliphatic rings. The summed E-state index contributed by atoms with van der Waals surface area (Å²) < 4.78 is 1.17. The molecule has 0 saturated carbocycles. The van der Waals surface area contributed by atoms with Gasteiger partial charge in [0.15, 0.2) is 0 Å². The summed E-state index contributed by atoms with van der Waals surface area (Å²) in [4.78, 5) is 1.43. The number of halogens is 1. The minimum Gasteiger partial charge on any atom is -0.312 e. The molecule has 0 fully saturated rings. The largest absolute Gasteiger partial charge is 0.312 e. The van der Waals surface area contributed by atoms with Crippen molar-refractivity contribution in [2.24, 2.45) is 0 Å². The number of hydrogen-bond donors (Lipinski definition) is 1. The monoisotopic (exact) mass is 271 g/mol. The third kappa shape index (κ3) is 1.73. The molecule has 0 radical (unpaired) electrons. The zero-order chi connectivity index (χ0) is 10.1. The topological polar surface area (TPSA) is 12.0 Å². The SMILES string of the molecule is CCC1Sc2ccc(Br)cc2C1NC. The van der Waals surface area contributed by atoms with E-state index >= 15 is 0 Å². The van der Waals surface area contributed by atoms with E-state index in [9.17, 15) is 0 Å². The van der Waals surface area contributed by atoms with Gasteiger partial charge in [-0.2, -0.15) is 0 Å². The second-order valence-corrected chi connectivity index (χ2v) is 5.71. The molecule has 2 unspecified atom stereocenters. The fraction of sp³-hybridized carbons (Fsp3) is 0.455. The molecule has 1 nitrogen and oxygen atoms in total. The Bertz CT molecular complexity index is 340. The number of rotatable bonds is 2. The van der Waals surface area contributed by atoms with E-state index in [4.69, 9.17) is 0 Å². The van der Waals surface area contributed by atoms with E-state index < -0.39 is 0 Å². The van der Waals surface area contributed by atoms with Gasteiger partial charge in [-0.25, -0.2) is 0 Å². The summed E-state index contributed by atoms with van der Waals surface area (Å²) >= 11 is 5.52. The van der Waals surface area contributed by atoms with Crippen LogP contribution in [0.2, 0.25) is 0 Å². The van der Waals surface area contributed by atoms with Gasteiger partial charge in [-0.1, -0.05) is 22.9 Å². The maximum absolute atomic E-state index is 3.53. The van der Waals surface area contributed by atoms with Crippen LogP contribution in [0, 0.1) is 0 Å². The fourth-order valence-corrected chi connectivity index (χ4v) is 3.72. The molecule has 0 aromatic heterocycles. The van der Waals surface area contributed by atoms with Gasteiger partial charge in [0.25, 0.3) is 0 Å². The second-order valence-electron chi connectivity index (χ2n) is 3.51. The van der Waals surface area contributed by atoms with Crippen LogP contribution in [0.15, 0.2) is 27.6 Å². The van der Waals surface area contributed by atoms with Crippen molar-refractivity contribution in [2.45, 2.75) is 29.5 Å². The van der Waals surface area contributed by atoms with E-state index in [1.165, 1.54) is 21.4 Å². The fourth-order valence-electron chi connectivity index (χ4n) is 1.96. The molecule has 0 spiro atoms. The standard InChI is InChI=1S/C11H14BrNS/c1-3-9-11(13-2)8-6-7(12)4-5-10(8)14-9/h4-6,9,11,13H,3H2,1-2H3. The highest BCUT2D eigenvalue weighted by Gasteiger charge is 2.30. The lowest BCUT2D eigenvalue weighted by molar-refractivity contribution is 0.562. The van der Waals surface area contributed by atoms with Gasteiger partial charge in [0.05, 0.1) is 0 Å². The normalized spacial score (nSPS) is 25.1. The molecule has 76 valence electrons. The number of benzene rings is 1. The first-order valence-corrected chi connectivity index (χ1v) is 6.57. The van der Waals surface area contributed by atoms with E-state index in [0.717, 1.165) is 0 Å². The Morgan fingerprint density at radius 3 is 2.93 bits per heavy atom. The van der Waals surface area contributed by atoms with Gasteiger partial charge in [0.1, 0.15) is 0 Å². The minimum atomic E-state index is 0.512. The predicted molar refractivity (Wildman–Crippen MR) is 65.9 cm³/mol. The third-order valence-corrected chi connectivity index (χ3v) is 4.70. The lowest BCUT2D eigenvalue weighted by Gasteiger charge is -2.16. The van der Waals surface area contributed by atoms with Crippen molar-refractivity contribution in [2.75, 3.05) is 7.05 Å². The highest BCUT2D eigenvalue weighted by atomic mass is 79.9. The number of nitrogens with one attached hydrogen (secondary N) is 1. The van der Waals surface area contributed by atoms with Gasteiger partial charge in [-0.15, -0.1) is 11.8 Å². The van der Waals surface area contributed by atoms with Gasteiger partial charge >= 0.3 is 0 Å². The summed E-state index contributed by atoms with van der Waals surface area (Å²) in [6.07, 6.45) is 1.21. The Balaban J connectivity index is 2.38.